The smallest absolute Gasteiger partial charge is 0.182 e. The third kappa shape index (κ3) is 2.24. The molecule has 1 aromatic heterocycles. The van der Waals surface area contributed by atoms with Crippen molar-refractivity contribution in [1.29, 1.82) is 0 Å². The summed E-state index contributed by atoms with van der Waals surface area (Å²) in [4.78, 5) is 0. The van der Waals surface area contributed by atoms with Gasteiger partial charge in [-0.05, 0) is 51.0 Å². The fourth-order valence-electron chi connectivity index (χ4n) is 2.96. The molecule has 2 atom stereocenters. The molecule has 1 aromatic carbocycles. The van der Waals surface area contributed by atoms with Crippen LogP contribution in [0.5, 0.6) is 0 Å². The first-order valence-corrected chi connectivity index (χ1v) is 7.60. The molecule has 1 fully saturated rings. The van der Waals surface area contributed by atoms with Crippen LogP contribution in [-0.4, -0.2) is 33.4 Å². The Kier molecular flexibility index (Phi) is 3.49. The molecule has 1 aliphatic carbocycles. The highest BCUT2D eigenvalue weighted by Crippen LogP contribution is 2.51. The summed E-state index contributed by atoms with van der Waals surface area (Å²) in [5.41, 5.74) is 7.54. The summed E-state index contributed by atoms with van der Waals surface area (Å²) in [6, 6.07) is 5.97. The average molecular weight is 352 g/mol. The lowest BCUT2D eigenvalue weighted by Crippen LogP contribution is -2.51. The van der Waals surface area contributed by atoms with Crippen LogP contribution in [-0.2, 0) is 4.74 Å². The van der Waals surface area contributed by atoms with E-state index in [4.69, 9.17) is 10.5 Å². The highest BCUT2D eigenvalue weighted by Gasteiger charge is 2.51. The first kappa shape index (κ1) is 14.5. The fourth-order valence-corrected chi connectivity index (χ4v) is 3.20. The third-order valence-electron chi connectivity index (χ3n) is 4.45. The van der Waals surface area contributed by atoms with Crippen LogP contribution in [0.15, 0.2) is 22.7 Å². The second kappa shape index (κ2) is 5.06. The number of tetrazole rings is 1. The number of hydrogen-bond acceptors (Lipinski definition) is 5. The number of anilines is 1. The molecule has 21 heavy (non-hydrogen) atoms. The number of rotatable bonds is 3. The molecule has 7 heteroatoms. The lowest BCUT2D eigenvalue weighted by molar-refractivity contribution is -0.116. The summed E-state index contributed by atoms with van der Waals surface area (Å²) < 4.78 is 8.26. The van der Waals surface area contributed by atoms with Gasteiger partial charge in [-0.15, -0.1) is 5.10 Å². The Morgan fingerprint density at radius 2 is 2.19 bits per heavy atom. The maximum Gasteiger partial charge on any atom is 0.182 e. The maximum atomic E-state index is 5.95. The molecule has 0 amide bonds. The van der Waals surface area contributed by atoms with Crippen molar-refractivity contribution in [2.75, 3.05) is 12.8 Å². The van der Waals surface area contributed by atoms with Gasteiger partial charge >= 0.3 is 0 Å². The normalized spacial score (nSPS) is 23.8. The minimum absolute atomic E-state index is 0.000210. The fraction of sp³-hybridized carbons (Fsp3) is 0.500. The number of methoxy groups -OCH3 is 1. The lowest BCUT2D eigenvalue weighted by atomic mass is 9.64. The second-order valence-corrected chi connectivity index (χ2v) is 6.83. The van der Waals surface area contributed by atoms with E-state index in [1.807, 2.05) is 22.9 Å². The van der Waals surface area contributed by atoms with Crippen molar-refractivity contribution in [1.82, 2.24) is 20.2 Å². The minimum atomic E-state index is -0.000210. The summed E-state index contributed by atoms with van der Waals surface area (Å²) in [6.07, 6.45) is 1.14. The first-order valence-electron chi connectivity index (χ1n) is 6.81. The Bertz CT molecular complexity index is 669. The van der Waals surface area contributed by atoms with Gasteiger partial charge in [-0.25, -0.2) is 4.68 Å². The van der Waals surface area contributed by atoms with Crippen LogP contribution in [0.3, 0.4) is 0 Å². The quantitative estimate of drug-likeness (QED) is 0.860. The zero-order chi connectivity index (χ0) is 15.2. The van der Waals surface area contributed by atoms with Gasteiger partial charge in [0.1, 0.15) is 0 Å². The van der Waals surface area contributed by atoms with Gasteiger partial charge in [0.15, 0.2) is 5.82 Å². The highest BCUT2D eigenvalue weighted by atomic mass is 79.9. The Morgan fingerprint density at radius 3 is 2.81 bits per heavy atom. The van der Waals surface area contributed by atoms with Crippen LogP contribution in [0.25, 0.3) is 11.4 Å². The molecule has 112 valence electrons. The first-order chi connectivity index (χ1) is 9.95. The van der Waals surface area contributed by atoms with Gasteiger partial charge in [0, 0.05) is 28.2 Å². The maximum absolute atomic E-state index is 5.95. The van der Waals surface area contributed by atoms with Gasteiger partial charge in [-0.2, -0.15) is 0 Å². The molecule has 0 aliphatic heterocycles. The largest absolute Gasteiger partial charge is 0.398 e. The van der Waals surface area contributed by atoms with Crippen molar-refractivity contribution in [2.45, 2.75) is 32.4 Å². The SMILES string of the molecule is COC1CC(n2nnnc2-c2ccc(Br)c(N)c2)C1(C)C. The summed E-state index contributed by atoms with van der Waals surface area (Å²) in [6.45, 7) is 4.35. The van der Waals surface area contributed by atoms with Crippen LogP contribution in [0.4, 0.5) is 5.69 Å². The van der Waals surface area contributed by atoms with Gasteiger partial charge in [0.05, 0.1) is 12.1 Å². The van der Waals surface area contributed by atoms with E-state index in [2.05, 4.69) is 45.3 Å². The monoisotopic (exact) mass is 351 g/mol. The molecule has 1 aliphatic rings. The number of benzene rings is 1. The minimum Gasteiger partial charge on any atom is -0.398 e. The number of nitrogen functional groups attached to an aromatic ring is 1. The van der Waals surface area contributed by atoms with Gasteiger partial charge < -0.3 is 10.5 Å². The number of halogens is 1. The van der Waals surface area contributed by atoms with Gasteiger partial charge in [0.2, 0.25) is 0 Å². The number of ether oxygens (including phenoxy) is 1. The predicted octanol–water partition coefficient (Wildman–Crippen LogP) is 2.67. The summed E-state index contributed by atoms with van der Waals surface area (Å²) >= 11 is 3.40. The van der Waals surface area contributed by atoms with Crippen molar-refractivity contribution in [3.8, 4) is 11.4 Å². The van der Waals surface area contributed by atoms with E-state index in [0.717, 1.165) is 22.3 Å². The molecular weight excluding hydrogens is 334 g/mol. The van der Waals surface area contributed by atoms with E-state index in [1.165, 1.54) is 0 Å². The number of hydrogen-bond donors (Lipinski definition) is 1. The summed E-state index contributed by atoms with van der Waals surface area (Å²) in [7, 11) is 1.75. The predicted molar refractivity (Wildman–Crippen MR) is 83.6 cm³/mol. The molecule has 2 N–H and O–H groups in total. The van der Waals surface area contributed by atoms with Crippen molar-refractivity contribution >= 4 is 21.6 Å². The molecule has 3 rings (SSSR count). The van der Waals surface area contributed by atoms with Crippen LogP contribution >= 0.6 is 15.9 Å². The van der Waals surface area contributed by atoms with Crippen LogP contribution in [0.2, 0.25) is 0 Å². The number of aromatic nitrogens is 4. The Labute approximate surface area is 131 Å². The molecule has 0 radical (unpaired) electrons. The standard InChI is InChI=1S/C14H18BrN5O/c1-14(2)11(7-12(14)21-3)20-13(17-18-19-20)8-4-5-9(15)10(16)6-8/h4-6,11-12H,7,16H2,1-3H3. The van der Waals surface area contributed by atoms with Gasteiger partial charge in [0.25, 0.3) is 0 Å². The molecule has 1 heterocycles. The zero-order valence-electron chi connectivity index (χ0n) is 12.2. The Morgan fingerprint density at radius 1 is 1.43 bits per heavy atom. The van der Waals surface area contributed by atoms with Crippen LogP contribution in [0, 0.1) is 5.41 Å². The molecule has 2 aromatic rings. The Balaban J connectivity index is 1.97. The van der Waals surface area contributed by atoms with Crippen molar-refractivity contribution in [2.24, 2.45) is 5.41 Å². The molecule has 1 saturated carbocycles. The molecule has 0 bridgehead atoms. The topological polar surface area (TPSA) is 78.8 Å². The average Bonchev–Trinajstić information content (AvgIpc) is 2.90. The van der Waals surface area contributed by atoms with E-state index >= 15 is 0 Å². The lowest BCUT2D eigenvalue weighted by Gasteiger charge is -2.50. The van der Waals surface area contributed by atoms with Crippen LogP contribution in [0.1, 0.15) is 26.3 Å². The van der Waals surface area contributed by atoms with E-state index < -0.39 is 0 Å². The van der Waals surface area contributed by atoms with Gasteiger partial charge in [-0.1, -0.05) is 13.8 Å². The van der Waals surface area contributed by atoms with E-state index in [9.17, 15) is 0 Å². The summed E-state index contributed by atoms with van der Waals surface area (Å²) in [5.74, 6) is 0.738. The van der Waals surface area contributed by atoms with Crippen molar-refractivity contribution in [3.05, 3.63) is 22.7 Å². The third-order valence-corrected chi connectivity index (χ3v) is 5.17. The highest BCUT2D eigenvalue weighted by molar-refractivity contribution is 9.10. The number of nitrogens with zero attached hydrogens (tertiary/aromatic N) is 4. The summed E-state index contributed by atoms with van der Waals surface area (Å²) in [5, 5.41) is 12.2. The molecular formula is C14H18BrN5O. The molecule has 2 unspecified atom stereocenters. The van der Waals surface area contributed by atoms with Crippen molar-refractivity contribution < 1.29 is 4.74 Å². The van der Waals surface area contributed by atoms with Gasteiger partial charge in [-0.3, -0.25) is 0 Å². The van der Waals surface area contributed by atoms with Crippen LogP contribution < -0.4 is 5.73 Å². The van der Waals surface area contributed by atoms with E-state index in [1.54, 1.807) is 7.11 Å². The van der Waals surface area contributed by atoms with E-state index in [-0.39, 0.29) is 17.6 Å². The van der Waals surface area contributed by atoms with E-state index in [0.29, 0.717) is 5.69 Å². The van der Waals surface area contributed by atoms with Crippen molar-refractivity contribution in [3.63, 3.8) is 0 Å². The Hall–Kier alpha value is -1.47. The zero-order valence-corrected chi connectivity index (χ0v) is 13.8. The molecule has 6 nitrogen and oxygen atoms in total. The second-order valence-electron chi connectivity index (χ2n) is 5.98. The number of nitrogens with two attached hydrogens (primary N) is 1. The molecule has 0 saturated heterocycles. The molecule has 0 spiro atoms.